The minimum atomic E-state index is -0.618. The summed E-state index contributed by atoms with van der Waals surface area (Å²) in [5.74, 6) is -0.939. The quantitative estimate of drug-likeness (QED) is 0.860. The molecule has 0 aliphatic carbocycles. The number of aromatic hydroxyl groups is 1. The molecule has 0 radical (unpaired) electrons. The Morgan fingerprint density at radius 1 is 1.50 bits per heavy atom. The molecule has 3 N–H and O–H groups in total. The maximum absolute atomic E-state index is 13.0. The van der Waals surface area contributed by atoms with E-state index in [4.69, 9.17) is 5.73 Å². The second-order valence-corrected chi connectivity index (χ2v) is 4.88. The van der Waals surface area contributed by atoms with Crippen LogP contribution in [0.1, 0.15) is 19.4 Å². The molecule has 78 valence electrons. The molecule has 0 amide bonds. The lowest BCUT2D eigenvalue weighted by Gasteiger charge is -2.20. The highest BCUT2D eigenvalue weighted by atomic mass is 79.9. The molecule has 2 nitrogen and oxygen atoms in total. The fourth-order valence-electron chi connectivity index (χ4n) is 1.21. The maximum Gasteiger partial charge on any atom is 0.165 e. The number of rotatable bonds is 2. The third-order valence-electron chi connectivity index (χ3n) is 1.81. The predicted octanol–water partition coefficient (Wildman–Crippen LogP) is 2.57. The zero-order valence-electron chi connectivity index (χ0n) is 8.14. The zero-order valence-corrected chi connectivity index (χ0v) is 9.73. The Kier molecular flexibility index (Phi) is 3.17. The van der Waals surface area contributed by atoms with Gasteiger partial charge in [0.05, 0.1) is 0 Å². The van der Waals surface area contributed by atoms with E-state index in [2.05, 4.69) is 15.9 Å². The van der Waals surface area contributed by atoms with Crippen LogP contribution < -0.4 is 5.73 Å². The van der Waals surface area contributed by atoms with Gasteiger partial charge in [-0.3, -0.25) is 0 Å². The number of nitrogens with two attached hydrogens (primary N) is 1. The molecule has 1 aromatic rings. The van der Waals surface area contributed by atoms with Crippen molar-refractivity contribution in [2.45, 2.75) is 25.8 Å². The third kappa shape index (κ3) is 2.69. The Morgan fingerprint density at radius 2 is 2.07 bits per heavy atom. The molecular formula is C10H13BrFNO. The van der Waals surface area contributed by atoms with Gasteiger partial charge in [-0.15, -0.1) is 0 Å². The van der Waals surface area contributed by atoms with E-state index in [0.717, 1.165) is 0 Å². The lowest BCUT2D eigenvalue weighted by molar-refractivity contribution is 0.414. The van der Waals surface area contributed by atoms with Gasteiger partial charge in [-0.25, -0.2) is 4.39 Å². The number of hydrogen-bond acceptors (Lipinski definition) is 2. The van der Waals surface area contributed by atoms with Crippen molar-refractivity contribution in [3.05, 3.63) is 28.0 Å². The molecule has 0 fully saturated rings. The third-order valence-corrected chi connectivity index (χ3v) is 2.55. The minimum absolute atomic E-state index is 0.321. The van der Waals surface area contributed by atoms with Crippen LogP contribution in [0.5, 0.6) is 5.75 Å². The molecule has 0 aromatic heterocycles. The smallest absolute Gasteiger partial charge is 0.165 e. The molecule has 0 saturated carbocycles. The number of phenols is 1. The molecule has 4 heteroatoms. The topological polar surface area (TPSA) is 46.2 Å². The lowest BCUT2D eigenvalue weighted by atomic mass is 9.95. The van der Waals surface area contributed by atoms with Crippen molar-refractivity contribution in [1.29, 1.82) is 0 Å². The van der Waals surface area contributed by atoms with Crippen molar-refractivity contribution in [2.24, 2.45) is 5.73 Å². The number of halogens is 2. The fourth-order valence-corrected chi connectivity index (χ4v) is 1.67. The summed E-state index contributed by atoms with van der Waals surface area (Å²) >= 11 is 3.25. The summed E-state index contributed by atoms with van der Waals surface area (Å²) in [6.07, 6.45) is 0.414. The molecule has 0 aliphatic heterocycles. The van der Waals surface area contributed by atoms with Crippen molar-refractivity contribution >= 4 is 15.9 Å². The molecule has 0 unspecified atom stereocenters. The Bertz CT molecular complexity index is 347. The van der Waals surface area contributed by atoms with Gasteiger partial charge in [0.25, 0.3) is 0 Å². The first-order chi connectivity index (χ1) is 6.31. The summed E-state index contributed by atoms with van der Waals surface area (Å²) in [4.78, 5) is 0. The van der Waals surface area contributed by atoms with E-state index >= 15 is 0 Å². The Labute approximate surface area is 91.1 Å². The summed E-state index contributed by atoms with van der Waals surface area (Å²) in [6, 6.07) is 2.78. The molecule has 1 rings (SSSR count). The van der Waals surface area contributed by atoms with Crippen LogP contribution in [0.15, 0.2) is 16.6 Å². The van der Waals surface area contributed by atoms with E-state index in [0.29, 0.717) is 16.5 Å². The molecule has 0 bridgehead atoms. The van der Waals surface area contributed by atoms with E-state index in [1.165, 1.54) is 6.07 Å². The second kappa shape index (κ2) is 3.87. The molecule has 0 heterocycles. The first-order valence-corrected chi connectivity index (χ1v) is 5.05. The number of benzene rings is 1. The van der Waals surface area contributed by atoms with Crippen LogP contribution in [0, 0.1) is 5.82 Å². The van der Waals surface area contributed by atoms with Gasteiger partial charge in [-0.05, 0) is 32.4 Å². The van der Waals surface area contributed by atoms with E-state index in [1.807, 2.05) is 13.8 Å². The zero-order chi connectivity index (χ0) is 10.9. The standard InChI is InChI=1S/C10H13BrFNO/c1-10(2,13)5-6-7(11)3-4-8(12)9(6)14/h3-4,14H,5,13H2,1-2H3. The summed E-state index contributed by atoms with van der Waals surface area (Å²) in [7, 11) is 0. The molecule has 1 aromatic carbocycles. The van der Waals surface area contributed by atoms with Gasteiger partial charge >= 0.3 is 0 Å². The van der Waals surface area contributed by atoms with Gasteiger partial charge in [-0.1, -0.05) is 15.9 Å². The van der Waals surface area contributed by atoms with E-state index < -0.39 is 11.4 Å². The summed E-state index contributed by atoms with van der Waals surface area (Å²) in [6.45, 7) is 3.65. The van der Waals surface area contributed by atoms with Gasteiger partial charge < -0.3 is 10.8 Å². The summed E-state index contributed by atoms with van der Waals surface area (Å²) in [5, 5.41) is 9.48. The highest BCUT2D eigenvalue weighted by molar-refractivity contribution is 9.10. The van der Waals surface area contributed by atoms with Crippen molar-refractivity contribution in [2.75, 3.05) is 0 Å². The monoisotopic (exact) mass is 261 g/mol. The van der Waals surface area contributed by atoms with Gasteiger partial charge in [0.1, 0.15) is 0 Å². The van der Waals surface area contributed by atoms with Crippen molar-refractivity contribution in [3.8, 4) is 5.75 Å². The fraction of sp³-hybridized carbons (Fsp3) is 0.400. The number of hydrogen-bond donors (Lipinski definition) is 2. The summed E-state index contributed by atoms with van der Waals surface area (Å²) in [5.41, 5.74) is 5.83. The molecule has 0 spiro atoms. The lowest BCUT2D eigenvalue weighted by Crippen LogP contribution is -2.34. The van der Waals surface area contributed by atoms with Crippen molar-refractivity contribution < 1.29 is 9.50 Å². The van der Waals surface area contributed by atoms with Crippen LogP contribution in [-0.4, -0.2) is 10.6 Å². The Balaban J connectivity index is 3.13. The number of phenolic OH excluding ortho intramolecular Hbond substituents is 1. The second-order valence-electron chi connectivity index (χ2n) is 4.02. The largest absolute Gasteiger partial charge is 0.505 e. The van der Waals surface area contributed by atoms with E-state index in [-0.39, 0.29) is 5.75 Å². The average Bonchev–Trinajstić information content (AvgIpc) is 2.04. The molecule has 0 aliphatic rings. The SMILES string of the molecule is CC(C)(N)Cc1c(Br)ccc(F)c1O. The van der Waals surface area contributed by atoms with Gasteiger partial charge in [-0.2, -0.15) is 0 Å². The van der Waals surface area contributed by atoms with Gasteiger partial charge in [0.15, 0.2) is 11.6 Å². The normalized spacial score (nSPS) is 11.8. The van der Waals surface area contributed by atoms with Gasteiger partial charge in [0.2, 0.25) is 0 Å². The van der Waals surface area contributed by atoms with Crippen molar-refractivity contribution in [3.63, 3.8) is 0 Å². The van der Waals surface area contributed by atoms with E-state index in [1.54, 1.807) is 6.07 Å². The molecule has 0 saturated heterocycles. The van der Waals surface area contributed by atoms with Crippen LogP contribution in [0.2, 0.25) is 0 Å². The average molecular weight is 262 g/mol. The predicted molar refractivity (Wildman–Crippen MR) is 57.7 cm³/mol. The van der Waals surface area contributed by atoms with Crippen molar-refractivity contribution in [1.82, 2.24) is 0 Å². The van der Waals surface area contributed by atoms with Crippen LogP contribution >= 0.6 is 15.9 Å². The molecule has 0 atom stereocenters. The Hall–Kier alpha value is -0.610. The van der Waals surface area contributed by atoms with Crippen LogP contribution in [0.3, 0.4) is 0 Å². The van der Waals surface area contributed by atoms with Crippen LogP contribution in [0.4, 0.5) is 4.39 Å². The highest BCUT2D eigenvalue weighted by Gasteiger charge is 2.18. The first-order valence-electron chi connectivity index (χ1n) is 4.26. The Morgan fingerprint density at radius 3 is 2.57 bits per heavy atom. The van der Waals surface area contributed by atoms with Gasteiger partial charge in [0, 0.05) is 15.6 Å². The highest BCUT2D eigenvalue weighted by Crippen LogP contribution is 2.31. The van der Waals surface area contributed by atoms with E-state index in [9.17, 15) is 9.50 Å². The maximum atomic E-state index is 13.0. The summed E-state index contributed by atoms with van der Waals surface area (Å²) < 4.78 is 13.7. The first kappa shape index (κ1) is 11.5. The molecular weight excluding hydrogens is 249 g/mol. The molecule has 14 heavy (non-hydrogen) atoms. The minimum Gasteiger partial charge on any atom is -0.505 e. The van der Waals surface area contributed by atoms with Crippen LogP contribution in [-0.2, 0) is 6.42 Å². The van der Waals surface area contributed by atoms with Crippen LogP contribution in [0.25, 0.3) is 0 Å².